The van der Waals surface area contributed by atoms with Crippen LogP contribution in [0.15, 0.2) is 0 Å². The Bertz CT molecular complexity index is 735. The lowest BCUT2D eigenvalue weighted by atomic mass is 9.45. The Kier molecular flexibility index (Phi) is 6.28. The second-order valence-corrected chi connectivity index (χ2v) is 14.4. The molecule has 5 fully saturated rings. The summed E-state index contributed by atoms with van der Waals surface area (Å²) in [5.74, 6) is 5.97. The van der Waals surface area contributed by atoms with E-state index in [-0.39, 0.29) is 12.1 Å². The highest BCUT2D eigenvalue weighted by molar-refractivity contribution is 14.1. The third-order valence-electron chi connectivity index (χ3n) is 12.1. The van der Waals surface area contributed by atoms with E-state index in [1.165, 1.54) is 70.6 Å². The minimum atomic E-state index is 0.0324. The number of fused-ring (bicyclic) bond motifs is 4. The Labute approximate surface area is 210 Å². The lowest BCUT2D eigenvalue weighted by Crippen LogP contribution is -2.57. The number of hydrogen-bond acceptors (Lipinski definition) is 2. The maximum atomic E-state index is 12.4. The minimum Gasteiger partial charge on any atom is -0.461 e. The Morgan fingerprint density at radius 2 is 1.81 bits per heavy atom. The van der Waals surface area contributed by atoms with E-state index in [1.54, 1.807) is 0 Å². The van der Waals surface area contributed by atoms with Crippen LogP contribution < -0.4 is 0 Å². The smallest absolute Gasteiger partial charge is 0.316 e. The fourth-order valence-corrected chi connectivity index (χ4v) is 10.8. The average Bonchev–Trinajstić information content (AvgIpc) is 3.26. The van der Waals surface area contributed by atoms with E-state index in [0.29, 0.717) is 20.7 Å². The standard InChI is InChI=1S/C29H47IO2/c1-18(2)7-6-8-19(3)22-9-10-23-21-15-25(32-26(31)17-30)29-16-20(29)11-14-28(29,5)24(21)12-13-27(22,23)4/h18-25H,6-17H2,1-5H3/t19-,20+,21-,22-,23+,24-,25-,27-,28+,29-/m0/s1. The van der Waals surface area contributed by atoms with Gasteiger partial charge in [-0.05, 0) is 104 Å². The van der Waals surface area contributed by atoms with Crippen molar-refractivity contribution in [3.63, 3.8) is 0 Å². The summed E-state index contributed by atoms with van der Waals surface area (Å²) in [7, 11) is 0. The van der Waals surface area contributed by atoms with Crippen molar-refractivity contribution < 1.29 is 9.53 Å². The van der Waals surface area contributed by atoms with Gasteiger partial charge >= 0.3 is 5.97 Å². The molecule has 182 valence electrons. The molecule has 0 unspecified atom stereocenters. The van der Waals surface area contributed by atoms with E-state index >= 15 is 0 Å². The summed E-state index contributed by atoms with van der Waals surface area (Å²) in [5.41, 5.74) is 1.27. The van der Waals surface area contributed by atoms with Gasteiger partial charge < -0.3 is 4.74 Å². The molecule has 5 saturated carbocycles. The van der Waals surface area contributed by atoms with Crippen molar-refractivity contribution in [3.05, 3.63) is 0 Å². The van der Waals surface area contributed by atoms with Gasteiger partial charge in [-0.3, -0.25) is 4.79 Å². The Balaban J connectivity index is 1.37. The highest BCUT2D eigenvalue weighted by Gasteiger charge is 2.78. The topological polar surface area (TPSA) is 26.3 Å². The molecule has 0 radical (unpaired) electrons. The summed E-state index contributed by atoms with van der Waals surface area (Å²) in [4.78, 5) is 12.4. The third-order valence-corrected chi connectivity index (χ3v) is 12.8. The van der Waals surface area contributed by atoms with Gasteiger partial charge in [-0.15, -0.1) is 0 Å². The number of halogens is 1. The zero-order chi connectivity index (χ0) is 22.9. The molecule has 0 bridgehead atoms. The molecule has 0 saturated heterocycles. The average molecular weight is 555 g/mol. The van der Waals surface area contributed by atoms with Crippen molar-refractivity contribution >= 4 is 28.6 Å². The van der Waals surface area contributed by atoms with Crippen molar-refractivity contribution in [2.45, 2.75) is 111 Å². The Hall–Kier alpha value is 0.200. The molecule has 0 aliphatic heterocycles. The van der Waals surface area contributed by atoms with Crippen LogP contribution in [-0.4, -0.2) is 16.5 Å². The minimum absolute atomic E-state index is 0.0324. The zero-order valence-electron chi connectivity index (χ0n) is 21.3. The van der Waals surface area contributed by atoms with Crippen molar-refractivity contribution in [2.75, 3.05) is 4.43 Å². The highest BCUT2D eigenvalue weighted by atomic mass is 127. The molecule has 0 heterocycles. The molecule has 2 nitrogen and oxygen atoms in total. The first kappa shape index (κ1) is 23.9. The number of carbonyl (C=O) groups excluding carboxylic acids is 1. The van der Waals surface area contributed by atoms with E-state index in [4.69, 9.17) is 4.74 Å². The van der Waals surface area contributed by atoms with Gasteiger partial charge in [0.15, 0.2) is 0 Å². The van der Waals surface area contributed by atoms with Crippen LogP contribution in [0.25, 0.3) is 0 Å². The number of carbonyl (C=O) groups is 1. The van der Waals surface area contributed by atoms with Gasteiger partial charge in [-0.1, -0.05) is 76.5 Å². The van der Waals surface area contributed by atoms with E-state index < -0.39 is 0 Å². The van der Waals surface area contributed by atoms with E-state index in [1.807, 2.05) is 0 Å². The normalized spacial score (nSPS) is 49.7. The highest BCUT2D eigenvalue weighted by Crippen LogP contribution is 2.82. The molecule has 0 aromatic carbocycles. The molecule has 32 heavy (non-hydrogen) atoms. The second-order valence-electron chi connectivity index (χ2n) is 13.7. The first-order chi connectivity index (χ1) is 15.2. The molecule has 5 aliphatic rings. The van der Waals surface area contributed by atoms with Crippen LogP contribution in [0.1, 0.15) is 105 Å². The second kappa shape index (κ2) is 8.40. The van der Waals surface area contributed by atoms with Crippen molar-refractivity contribution in [1.29, 1.82) is 0 Å². The number of hydrogen-bond donors (Lipinski definition) is 0. The predicted molar refractivity (Wildman–Crippen MR) is 140 cm³/mol. The monoisotopic (exact) mass is 554 g/mol. The zero-order valence-corrected chi connectivity index (χ0v) is 23.5. The van der Waals surface area contributed by atoms with Crippen LogP contribution in [0.3, 0.4) is 0 Å². The van der Waals surface area contributed by atoms with Crippen LogP contribution in [0.4, 0.5) is 0 Å². The molecule has 1 spiro atoms. The van der Waals surface area contributed by atoms with Crippen LogP contribution in [0.5, 0.6) is 0 Å². The van der Waals surface area contributed by atoms with Crippen molar-refractivity contribution in [3.8, 4) is 0 Å². The SMILES string of the molecule is CC(C)CCC[C@H](C)[C@@H]1CC[C@@H]2[C@@H]3C[C@H](OC(=O)CI)[C@]45C[C@H]4CC[C@]5(C)[C@H]3CC[C@]21C. The predicted octanol–water partition coefficient (Wildman–Crippen LogP) is 8.06. The molecular weight excluding hydrogens is 507 g/mol. The fourth-order valence-electron chi connectivity index (χ4n) is 10.6. The summed E-state index contributed by atoms with van der Waals surface area (Å²) in [6, 6.07) is 0. The maximum absolute atomic E-state index is 12.4. The van der Waals surface area contributed by atoms with Gasteiger partial charge in [0.2, 0.25) is 0 Å². The summed E-state index contributed by atoms with van der Waals surface area (Å²) in [6.45, 7) is 12.6. The Morgan fingerprint density at radius 1 is 1.03 bits per heavy atom. The summed E-state index contributed by atoms with van der Waals surface area (Å²) < 4.78 is 6.80. The molecule has 0 N–H and O–H groups in total. The van der Waals surface area contributed by atoms with Gasteiger partial charge in [-0.25, -0.2) is 0 Å². The van der Waals surface area contributed by atoms with Crippen LogP contribution >= 0.6 is 22.6 Å². The first-order valence-electron chi connectivity index (χ1n) is 13.9. The molecule has 5 aliphatic carbocycles. The maximum Gasteiger partial charge on any atom is 0.316 e. The van der Waals surface area contributed by atoms with Crippen molar-refractivity contribution in [2.24, 2.45) is 57.7 Å². The largest absolute Gasteiger partial charge is 0.461 e. The molecule has 5 rings (SSSR count). The van der Waals surface area contributed by atoms with Gasteiger partial charge in [-0.2, -0.15) is 0 Å². The lowest BCUT2D eigenvalue weighted by molar-refractivity contribution is -0.181. The number of ether oxygens (including phenoxy) is 1. The Morgan fingerprint density at radius 3 is 2.50 bits per heavy atom. The van der Waals surface area contributed by atoms with Crippen LogP contribution in [0.2, 0.25) is 0 Å². The third kappa shape index (κ3) is 3.39. The van der Waals surface area contributed by atoms with E-state index in [0.717, 1.165) is 41.4 Å². The molecule has 0 amide bonds. The van der Waals surface area contributed by atoms with Crippen LogP contribution in [0, 0.1) is 57.7 Å². The fraction of sp³-hybridized carbons (Fsp3) is 0.966. The van der Waals surface area contributed by atoms with Gasteiger partial charge in [0.25, 0.3) is 0 Å². The first-order valence-corrected chi connectivity index (χ1v) is 15.5. The number of alkyl halides is 1. The van der Waals surface area contributed by atoms with E-state index in [2.05, 4.69) is 57.2 Å². The van der Waals surface area contributed by atoms with Gasteiger partial charge in [0, 0.05) is 5.41 Å². The molecule has 3 heteroatoms. The van der Waals surface area contributed by atoms with Crippen molar-refractivity contribution in [1.82, 2.24) is 0 Å². The molecular formula is C29H47IO2. The summed E-state index contributed by atoms with van der Waals surface area (Å²) >= 11 is 2.19. The number of esters is 1. The molecule has 10 atom stereocenters. The molecule has 0 aromatic rings. The lowest BCUT2D eigenvalue weighted by Gasteiger charge is -2.60. The van der Waals surface area contributed by atoms with Gasteiger partial charge in [0.05, 0.1) is 4.43 Å². The molecule has 0 aromatic heterocycles. The summed E-state index contributed by atoms with van der Waals surface area (Å²) in [5, 5.41) is 0. The number of rotatable bonds is 7. The van der Waals surface area contributed by atoms with E-state index in [9.17, 15) is 4.79 Å². The quantitative estimate of drug-likeness (QED) is 0.181. The van der Waals surface area contributed by atoms with Crippen LogP contribution in [-0.2, 0) is 9.53 Å². The summed E-state index contributed by atoms with van der Waals surface area (Å²) in [6.07, 6.45) is 15.4. The van der Waals surface area contributed by atoms with Gasteiger partial charge in [0.1, 0.15) is 6.10 Å².